The van der Waals surface area contributed by atoms with E-state index in [1.54, 1.807) is 0 Å². The minimum absolute atomic E-state index is 0.221. The summed E-state index contributed by atoms with van der Waals surface area (Å²) in [6.07, 6.45) is 0. The quantitative estimate of drug-likeness (QED) is 0.443. The van der Waals surface area contributed by atoms with Gasteiger partial charge in [-0.15, -0.1) is 0 Å². The number of hydrogen-bond acceptors (Lipinski definition) is 0. The van der Waals surface area contributed by atoms with Crippen molar-refractivity contribution in [1.29, 1.82) is 0 Å². The Morgan fingerprint density at radius 3 is 1.58 bits per heavy atom. The van der Waals surface area contributed by atoms with Crippen LogP contribution >= 0.6 is 22.6 Å². The predicted octanol–water partition coefficient (Wildman–Crippen LogP) is 6.15. The molecule has 0 bridgehead atoms. The molecule has 0 aliphatic heterocycles. The monoisotopic (exact) mass is 364 g/mol. The summed E-state index contributed by atoms with van der Waals surface area (Å²) in [6.45, 7) is 8.96. The second-order valence-electron chi connectivity index (χ2n) is 6.07. The molecule has 0 nitrogen and oxygen atoms in total. The second kappa shape index (κ2) is 5.66. The third-order valence-electron chi connectivity index (χ3n) is 3.45. The maximum Gasteiger partial charge on any atom is 0.0331 e. The van der Waals surface area contributed by atoms with Crippen LogP contribution in [0, 0.1) is 0 Å². The molecule has 2 rings (SSSR count). The molecule has 0 radical (unpaired) electrons. The van der Waals surface area contributed by atoms with Gasteiger partial charge in [-0.3, -0.25) is 0 Å². The highest BCUT2D eigenvalue weighted by Crippen LogP contribution is 2.28. The van der Waals surface area contributed by atoms with Gasteiger partial charge < -0.3 is 0 Å². The van der Waals surface area contributed by atoms with Crippen molar-refractivity contribution in [3.05, 3.63) is 59.7 Å². The Morgan fingerprint density at radius 1 is 0.789 bits per heavy atom. The highest BCUT2D eigenvalue weighted by atomic mass is 127. The number of hydrogen-bond donors (Lipinski definition) is 0. The maximum absolute atomic E-state index is 2.45. The zero-order valence-electron chi connectivity index (χ0n) is 12.1. The lowest BCUT2D eigenvalue weighted by molar-refractivity contribution is 0.590. The fourth-order valence-corrected chi connectivity index (χ4v) is 2.52. The zero-order chi connectivity index (χ0) is 14.0. The van der Waals surface area contributed by atoms with Crippen LogP contribution in [0.15, 0.2) is 48.5 Å². The SMILES string of the molecule is CC(I)c1ccc(-c2ccc(C(C)(C)C)cc2)cc1. The molecule has 1 unspecified atom stereocenters. The van der Waals surface area contributed by atoms with Crippen molar-refractivity contribution in [2.45, 2.75) is 37.0 Å². The molecule has 0 aliphatic rings. The average molecular weight is 364 g/mol. The van der Waals surface area contributed by atoms with Crippen LogP contribution in [-0.2, 0) is 5.41 Å². The van der Waals surface area contributed by atoms with Gasteiger partial charge in [-0.2, -0.15) is 0 Å². The van der Waals surface area contributed by atoms with Crippen molar-refractivity contribution in [1.82, 2.24) is 0 Å². The van der Waals surface area contributed by atoms with Crippen LogP contribution < -0.4 is 0 Å². The molecule has 0 aliphatic carbocycles. The van der Waals surface area contributed by atoms with Crippen molar-refractivity contribution < 1.29 is 0 Å². The van der Waals surface area contributed by atoms with Crippen molar-refractivity contribution >= 4 is 22.6 Å². The van der Waals surface area contributed by atoms with Crippen LogP contribution in [0.25, 0.3) is 11.1 Å². The summed E-state index contributed by atoms with van der Waals surface area (Å²) in [5.74, 6) is 0. The molecule has 0 spiro atoms. The fraction of sp³-hybridized carbons (Fsp3) is 0.333. The summed E-state index contributed by atoms with van der Waals surface area (Å²) < 4.78 is 0.565. The molecule has 0 saturated heterocycles. The highest BCUT2D eigenvalue weighted by molar-refractivity contribution is 14.1. The summed E-state index contributed by atoms with van der Waals surface area (Å²) in [6, 6.07) is 17.8. The van der Waals surface area contributed by atoms with E-state index in [1.807, 2.05) is 0 Å². The molecular formula is C18H21I. The standard InChI is InChI=1S/C18H21I/c1-13(19)14-5-7-15(8-6-14)16-9-11-17(12-10-16)18(2,3)4/h5-13H,1-4H3. The summed E-state index contributed by atoms with van der Waals surface area (Å²) in [4.78, 5) is 0. The van der Waals surface area contributed by atoms with Gasteiger partial charge in [0, 0.05) is 3.92 Å². The van der Waals surface area contributed by atoms with Gasteiger partial charge in [0.05, 0.1) is 0 Å². The van der Waals surface area contributed by atoms with Crippen molar-refractivity contribution in [3.8, 4) is 11.1 Å². The highest BCUT2D eigenvalue weighted by Gasteiger charge is 2.13. The van der Waals surface area contributed by atoms with Gasteiger partial charge in [-0.05, 0) is 34.6 Å². The van der Waals surface area contributed by atoms with Gasteiger partial charge in [0.25, 0.3) is 0 Å². The normalized spacial score (nSPS) is 13.3. The summed E-state index contributed by atoms with van der Waals surface area (Å²) in [5.41, 5.74) is 5.57. The van der Waals surface area contributed by atoms with Gasteiger partial charge in [-0.1, -0.05) is 91.9 Å². The fourth-order valence-electron chi connectivity index (χ4n) is 2.10. The first-order valence-corrected chi connectivity index (χ1v) is 7.97. The van der Waals surface area contributed by atoms with Crippen LogP contribution in [0.1, 0.15) is 42.7 Å². The Morgan fingerprint density at radius 2 is 1.21 bits per heavy atom. The third-order valence-corrected chi connectivity index (χ3v) is 4.17. The summed E-state index contributed by atoms with van der Waals surface area (Å²) >= 11 is 2.45. The first kappa shape index (κ1) is 14.6. The Hall–Kier alpha value is -0.830. The smallest absolute Gasteiger partial charge is 0.0331 e. The largest absolute Gasteiger partial charge is 0.0777 e. The molecule has 0 N–H and O–H groups in total. The number of halogens is 1. The molecule has 0 saturated carbocycles. The van der Waals surface area contributed by atoms with Crippen molar-refractivity contribution in [2.24, 2.45) is 0 Å². The van der Waals surface area contributed by atoms with E-state index in [9.17, 15) is 0 Å². The Labute approximate surface area is 130 Å². The molecule has 2 aromatic carbocycles. The van der Waals surface area contributed by atoms with E-state index >= 15 is 0 Å². The van der Waals surface area contributed by atoms with Crippen LogP contribution in [0.5, 0.6) is 0 Å². The Bertz CT molecular complexity index is 527. The number of rotatable bonds is 2. The molecule has 100 valence electrons. The first-order valence-electron chi connectivity index (χ1n) is 6.73. The second-order valence-corrected chi connectivity index (χ2v) is 7.93. The van der Waals surface area contributed by atoms with Crippen molar-refractivity contribution in [3.63, 3.8) is 0 Å². The molecule has 0 fully saturated rings. The third kappa shape index (κ3) is 3.59. The van der Waals surface area contributed by atoms with E-state index in [0.717, 1.165) is 0 Å². The van der Waals surface area contributed by atoms with Gasteiger partial charge >= 0.3 is 0 Å². The molecule has 0 amide bonds. The molecular weight excluding hydrogens is 343 g/mol. The zero-order valence-corrected chi connectivity index (χ0v) is 14.2. The number of benzene rings is 2. The minimum atomic E-state index is 0.221. The topological polar surface area (TPSA) is 0 Å². The molecule has 0 heterocycles. The van der Waals surface area contributed by atoms with E-state index < -0.39 is 0 Å². The number of alkyl halides is 1. The van der Waals surface area contributed by atoms with E-state index in [4.69, 9.17) is 0 Å². The van der Waals surface area contributed by atoms with E-state index in [1.165, 1.54) is 22.3 Å². The summed E-state index contributed by atoms with van der Waals surface area (Å²) in [5, 5.41) is 0. The molecule has 2 aromatic rings. The molecule has 19 heavy (non-hydrogen) atoms. The lowest BCUT2D eigenvalue weighted by Gasteiger charge is -2.19. The van der Waals surface area contributed by atoms with Gasteiger partial charge in [0.1, 0.15) is 0 Å². The molecule has 0 aromatic heterocycles. The van der Waals surface area contributed by atoms with Crippen LogP contribution in [0.2, 0.25) is 0 Å². The summed E-state index contributed by atoms with van der Waals surface area (Å²) in [7, 11) is 0. The minimum Gasteiger partial charge on any atom is -0.0777 e. The first-order chi connectivity index (χ1) is 8.88. The van der Waals surface area contributed by atoms with E-state index in [-0.39, 0.29) is 5.41 Å². The average Bonchev–Trinajstić information content (AvgIpc) is 2.38. The van der Waals surface area contributed by atoms with Crippen LogP contribution in [0.3, 0.4) is 0 Å². The van der Waals surface area contributed by atoms with Crippen LogP contribution in [0.4, 0.5) is 0 Å². The molecule has 1 heteroatoms. The lowest BCUT2D eigenvalue weighted by atomic mass is 9.86. The lowest BCUT2D eigenvalue weighted by Crippen LogP contribution is -2.10. The van der Waals surface area contributed by atoms with Gasteiger partial charge in [0.2, 0.25) is 0 Å². The van der Waals surface area contributed by atoms with Crippen molar-refractivity contribution in [2.75, 3.05) is 0 Å². The van der Waals surface area contributed by atoms with Crippen LogP contribution in [-0.4, -0.2) is 0 Å². The van der Waals surface area contributed by atoms with E-state index in [2.05, 4.69) is 98.8 Å². The van der Waals surface area contributed by atoms with Gasteiger partial charge in [-0.25, -0.2) is 0 Å². The molecule has 1 atom stereocenters. The van der Waals surface area contributed by atoms with Gasteiger partial charge in [0.15, 0.2) is 0 Å². The van der Waals surface area contributed by atoms with E-state index in [0.29, 0.717) is 3.92 Å². The predicted molar refractivity (Wildman–Crippen MR) is 93.0 cm³/mol. The maximum atomic E-state index is 2.45. The Balaban J connectivity index is 2.27. The Kier molecular flexibility index (Phi) is 4.34.